The molecule has 27 heavy (non-hydrogen) atoms. The van der Waals surface area contributed by atoms with Crippen molar-refractivity contribution in [2.75, 3.05) is 0 Å². The summed E-state index contributed by atoms with van der Waals surface area (Å²) in [4.78, 5) is 12.7. The van der Waals surface area contributed by atoms with E-state index in [9.17, 15) is 0 Å². The van der Waals surface area contributed by atoms with Crippen LogP contribution in [0.15, 0.2) is 41.6 Å². The molecule has 3 nitrogen and oxygen atoms in total. The zero-order chi connectivity index (χ0) is 20.7. The van der Waals surface area contributed by atoms with E-state index >= 15 is 0 Å². The van der Waals surface area contributed by atoms with E-state index in [0.29, 0.717) is 5.41 Å². The molecular weight excluding hydrogens is 370 g/mol. The Kier molecular flexibility index (Phi) is 8.43. The highest BCUT2D eigenvalue weighted by Gasteiger charge is 2.15. The number of nitrogens with zero attached hydrogens (tertiary/aromatic N) is 2. The first-order chi connectivity index (χ1) is 12.3. The highest BCUT2D eigenvalue weighted by Crippen LogP contribution is 2.26. The Balaban J connectivity index is 0.000000202. The largest absolute Gasteiger partial charge is 0.348 e. The molecule has 3 aromatic heterocycles. The lowest BCUT2D eigenvalue weighted by Gasteiger charge is -2.14. The summed E-state index contributed by atoms with van der Waals surface area (Å²) in [6.45, 7) is 19.7. The van der Waals surface area contributed by atoms with Crippen LogP contribution in [0.5, 0.6) is 0 Å². The van der Waals surface area contributed by atoms with Gasteiger partial charge in [-0.05, 0) is 16.9 Å². The highest BCUT2D eigenvalue weighted by molar-refractivity contribution is 7.10. The monoisotopic (exact) mass is 405 g/mol. The van der Waals surface area contributed by atoms with Gasteiger partial charge in [-0.2, -0.15) is 0 Å². The van der Waals surface area contributed by atoms with Gasteiger partial charge in [0.2, 0.25) is 0 Å². The van der Waals surface area contributed by atoms with Gasteiger partial charge in [-0.15, -0.1) is 22.7 Å². The lowest BCUT2D eigenvalue weighted by atomic mass is 9.93. The number of aromatic amines is 1. The van der Waals surface area contributed by atoms with Crippen molar-refractivity contribution in [2.24, 2.45) is 0 Å². The van der Waals surface area contributed by atoms with Crippen molar-refractivity contribution in [2.45, 2.75) is 78.6 Å². The molecule has 0 unspecified atom stereocenters. The Bertz CT molecular complexity index is 616. The van der Waals surface area contributed by atoms with Crippen LogP contribution in [0.2, 0.25) is 0 Å². The van der Waals surface area contributed by atoms with E-state index in [1.54, 1.807) is 17.7 Å². The second-order valence-electron chi connectivity index (χ2n) is 9.53. The van der Waals surface area contributed by atoms with E-state index in [1.165, 1.54) is 15.6 Å². The summed E-state index contributed by atoms with van der Waals surface area (Å²) in [5.41, 5.74) is 1.96. The van der Waals surface area contributed by atoms with Crippen LogP contribution in [0.4, 0.5) is 0 Å². The van der Waals surface area contributed by atoms with E-state index < -0.39 is 0 Å². The van der Waals surface area contributed by atoms with Crippen molar-refractivity contribution in [1.82, 2.24) is 15.0 Å². The van der Waals surface area contributed by atoms with Crippen molar-refractivity contribution in [3.8, 4) is 0 Å². The lowest BCUT2D eigenvalue weighted by Crippen LogP contribution is -2.10. The number of aromatic nitrogens is 3. The van der Waals surface area contributed by atoms with E-state index in [-0.39, 0.29) is 10.8 Å². The summed E-state index contributed by atoms with van der Waals surface area (Å²) in [6, 6.07) is 4.29. The molecule has 0 bridgehead atoms. The predicted molar refractivity (Wildman–Crippen MR) is 121 cm³/mol. The first kappa shape index (κ1) is 23.6. The molecule has 0 atom stereocenters. The predicted octanol–water partition coefficient (Wildman–Crippen LogP) is 7.19. The summed E-state index contributed by atoms with van der Waals surface area (Å²) in [5, 5.41) is 5.35. The molecule has 3 aromatic rings. The van der Waals surface area contributed by atoms with Crippen molar-refractivity contribution in [3.63, 3.8) is 0 Å². The summed E-state index contributed by atoms with van der Waals surface area (Å²) >= 11 is 3.55. The van der Waals surface area contributed by atoms with Crippen molar-refractivity contribution >= 4 is 22.7 Å². The number of thiophene rings is 1. The fourth-order valence-corrected chi connectivity index (χ4v) is 3.51. The normalized spacial score (nSPS) is 11.9. The number of hydrogen-bond acceptors (Lipinski definition) is 4. The van der Waals surface area contributed by atoms with Crippen molar-refractivity contribution < 1.29 is 0 Å². The second kappa shape index (κ2) is 9.65. The zero-order valence-corrected chi connectivity index (χ0v) is 19.9. The summed E-state index contributed by atoms with van der Waals surface area (Å²) in [7, 11) is 0. The molecule has 0 fully saturated rings. The van der Waals surface area contributed by atoms with E-state index in [2.05, 4.69) is 94.8 Å². The van der Waals surface area contributed by atoms with Gasteiger partial charge in [0.05, 0.1) is 11.3 Å². The van der Waals surface area contributed by atoms with Crippen LogP contribution in [-0.2, 0) is 16.2 Å². The molecule has 0 aliphatic heterocycles. The molecule has 5 heteroatoms. The quantitative estimate of drug-likeness (QED) is 0.430. The Morgan fingerprint density at radius 3 is 1.70 bits per heavy atom. The SMILES string of the molecule is CC(C)(C)c1cccs1.CC(C)(C)c1cnc[nH]1.CC(C)(C)c1nccs1. The molecule has 0 radical (unpaired) electrons. The minimum atomic E-state index is 0.205. The van der Waals surface area contributed by atoms with E-state index in [4.69, 9.17) is 0 Å². The molecule has 150 valence electrons. The Morgan fingerprint density at radius 2 is 1.48 bits per heavy atom. The number of imidazole rings is 1. The summed E-state index contributed by atoms with van der Waals surface area (Å²) < 4.78 is 0. The Morgan fingerprint density at radius 1 is 0.815 bits per heavy atom. The summed E-state index contributed by atoms with van der Waals surface area (Å²) in [6.07, 6.45) is 5.42. The molecule has 0 aliphatic rings. The summed E-state index contributed by atoms with van der Waals surface area (Å²) in [5.74, 6) is 0. The van der Waals surface area contributed by atoms with Gasteiger partial charge in [-0.1, -0.05) is 68.4 Å². The number of nitrogens with one attached hydrogen (secondary N) is 1. The zero-order valence-electron chi connectivity index (χ0n) is 18.3. The third-order valence-electron chi connectivity index (χ3n) is 3.64. The topological polar surface area (TPSA) is 41.6 Å². The van der Waals surface area contributed by atoms with Crippen LogP contribution in [0.3, 0.4) is 0 Å². The molecule has 3 heterocycles. The van der Waals surface area contributed by atoms with Crippen molar-refractivity contribution in [1.29, 1.82) is 0 Å². The van der Waals surface area contributed by atoms with Gasteiger partial charge in [-0.25, -0.2) is 9.97 Å². The van der Waals surface area contributed by atoms with Crippen LogP contribution in [0, 0.1) is 0 Å². The minimum absolute atomic E-state index is 0.205. The van der Waals surface area contributed by atoms with Crippen LogP contribution < -0.4 is 0 Å². The maximum absolute atomic E-state index is 4.21. The Hall–Kier alpha value is -1.46. The van der Waals surface area contributed by atoms with E-state index in [0.717, 1.165) is 0 Å². The van der Waals surface area contributed by atoms with Gasteiger partial charge in [-0.3, -0.25) is 0 Å². The van der Waals surface area contributed by atoms with Gasteiger partial charge in [0.15, 0.2) is 0 Å². The minimum Gasteiger partial charge on any atom is -0.348 e. The number of thiazole rings is 1. The third kappa shape index (κ3) is 8.85. The average molecular weight is 406 g/mol. The van der Waals surface area contributed by atoms with Crippen LogP contribution in [0.1, 0.15) is 77.9 Å². The molecule has 0 amide bonds. The number of hydrogen-bond donors (Lipinski definition) is 1. The van der Waals surface area contributed by atoms with Crippen molar-refractivity contribution in [3.05, 3.63) is 57.2 Å². The van der Waals surface area contributed by atoms with Crippen LogP contribution in [0.25, 0.3) is 0 Å². The van der Waals surface area contributed by atoms with Gasteiger partial charge >= 0.3 is 0 Å². The smallest absolute Gasteiger partial charge is 0.0978 e. The van der Waals surface area contributed by atoms with Gasteiger partial charge in [0.1, 0.15) is 0 Å². The first-order valence-corrected chi connectivity index (χ1v) is 11.0. The lowest BCUT2D eigenvalue weighted by molar-refractivity contribution is 0.572. The van der Waals surface area contributed by atoms with Gasteiger partial charge < -0.3 is 4.98 Å². The number of rotatable bonds is 0. The van der Waals surface area contributed by atoms with E-state index in [1.807, 2.05) is 29.1 Å². The van der Waals surface area contributed by atoms with Crippen LogP contribution >= 0.6 is 22.7 Å². The van der Waals surface area contributed by atoms with Crippen LogP contribution in [-0.4, -0.2) is 15.0 Å². The molecule has 0 spiro atoms. The molecule has 3 rings (SSSR count). The molecular formula is C22H35N3S2. The highest BCUT2D eigenvalue weighted by atomic mass is 32.1. The maximum Gasteiger partial charge on any atom is 0.0978 e. The maximum atomic E-state index is 4.21. The number of H-pyrrole nitrogens is 1. The molecule has 1 N–H and O–H groups in total. The fraction of sp³-hybridized carbons (Fsp3) is 0.545. The fourth-order valence-electron chi connectivity index (χ4n) is 1.97. The third-order valence-corrected chi connectivity index (χ3v) is 6.13. The van der Waals surface area contributed by atoms with Gasteiger partial charge in [0, 0.05) is 39.2 Å². The molecule has 0 saturated carbocycles. The molecule has 0 saturated heterocycles. The van der Waals surface area contributed by atoms with Gasteiger partial charge in [0.25, 0.3) is 0 Å². The molecule has 0 aromatic carbocycles. The standard InChI is InChI=1S/C8H12S.C7H12N2.C7H11NS/c1-8(2,3)7-5-4-6-9-7;1-7(2,3)6-4-8-5-9-6;1-7(2,3)6-8-4-5-9-6/h4-6H,1-3H3;4-5H,1-3H3,(H,8,9);4-5H,1-3H3. The first-order valence-electron chi connectivity index (χ1n) is 9.24. The second-order valence-corrected chi connectivity index (χ2v) is 11.4. The Labute approximate surface area is 173 Å². The molecule has 0 aliphatic carbocycles. The average Bonchev–Trinajstić information content (AvgIpc) is 3.28.